The summed E-state index contributed by atoms with van der Waals surface area (Å²) in [5, 5.41) is 0. The molecule has 0 aliphatic heterocycles. The summed E-state index contributed by atoms with van der Waals surface area (Å²) in [5.74, 6) is 0. The number of hydrogen-bond donors (Lipinski definition) is 0. The standard InChI is InChI=1S/2C6H14OS2.Pt/c2*1-2-3-4-5-7-6(8)9;/h2*6,8-9H,2-5H2,1H3;/q;;+4/p-4. The van der Waals surface area contributed by atoms with Crippen LogP contribution in [-0.4, -0.2) is 22.7 Å². The second kappa shape index (κ2) is 22.3. The van der Waals surface area contributed by atoms with Crippen LogP contribution in [0.4, 0.5) is 0 Å². The van der Waals surface area contributed by atoms with Gasteiger partial charge in [-0.05, 0) is 12.8 Å². The van der Waals surface area contributed by atoms with Crippen LogP contribution in [0.25, 0.3) is 0 Å². The van der Waals surface area contributed by atoms with Crippen molar-refractivity contribution in [3.05, 3.63) is 0 Å². The van der Waals surface area contributed by atoms with Crippen molar-refractivity contribution in [3.8, 4) is 0 Å². The summed E-state index contributed by atoms with van der Waals surface area (Å²) in [4.78, 5) is 0. The Morgan fingerprint density at radius 3 is 1.21 bits per heavy atom. The molecule has 0 aromatic heterocycles. The summed E-state index contributed by atoms with van der Waals surface area (Å²) >= 11 is 18.5. The van der Waals surface area contributed by atoms with E-state index >= 15 is 0 Å². The van der Waals surface area contributed by atoms with Crippen molar-refractivity contribution >= 4 is 50.5 Å². The molecule has 19 heavy (non-hydrogen) atoms. The fourth-order valence-electron chi connectivity index (χ4n) is 1.06. The van der Waals surface area contributed by atoms with E-state index in [-0.39, 0.29) is 21.1 Å². The molecule has 7 heteroatoms. The van der Waals surface area contributed by atoms with Crippen LogP contribution in [0, 0.1) is 0 Å². The zero-order valence-corrected chi connectivity index (χ0v) is 17.1. The Balaban J connectivity index is -0.000000256. The molecule has 0 bridgehead atoms. The zero-order valence-electron chi connectivity index (χ0n) is 11.6. The molecule has 0 saturated carbocycles. The molecule has 0 amide bonds. The van der Waals surface area contributed by atoms with Gasteiger partial charge in [-0.2, -0.15) is 9.54 Å². The first kappa shape index (κ1) is 25.9. The summed E-state index contributed by atoms with van der Waals surface area (Å²) < 4.78 is 9.09. The van der Waals surface area contributed by atoms with E-state index in [0.29, 0.717) is 0 Å². The van der Waals surface area contributed by atoms with Crippen LogP contribution in [-0.2, 0) is 81.1 Å². The SMILES string of the molecule is CCCCCOC([S-])[S-].CCCCCOC([S-])[S-].[Pt+4]. The number of unbranched alkanes of at least 4 members (excludes halogenated alkanes) is 4. The third-order valence-electron chi connectivity index (χ3n) is 2.00. The molecular weight excluding hydrogens is 499 g/mol. The smallest absolute Gasteiger partial charge is 0.788 e. The van der Waals surface area contributed by atoms with Gasteiger partial charge in [0.25, 0.3) is 0 Å². The minimum absolute atomic E-state index is 0. The summed E-state index contributed by atoms with van der Waals surface area (Å²) in [6.45, 7) is 5.76. The van der Waals surface area contributed by atoms with Crippen molar-refractivity contribution in [1.29, 1.82) is 0 Å². The van der Waals surface area contributed by atoms with Crippen LogP contribution in [0.15, 0.2) is 0 Å². The molecule has 0 aromatic carbocycles. The van der Waals surface area contributed by atoms with Crippen molar-refractivity contribution in [2.45, 2.75) is 61.9 Å². The molecule has 0 spiro atoms. The van der Waals surface area contributed by atoms with Gasteiger partial charge in [-0.1, -0.05) is 39.5 Å². The predicted octanol–water partition coefficient (Wildman–Crippen LogP) is 3.14. The molecule has 0 radical (unpaired) electrons. The zero-order chi connectivity index (χ0) is 14.2. The summed E-state index contributed by atoms with van der Waals surface area (Å²) in [7, 11) is 0. The third kappa shape index (κ3) is 33.1. The van der Waals surface area contributed by atoms with Gasteiger partial charge in [-0.25, -0.2) is 0 Å². The quantitative estimate of drug-likeness (QED) is 0.321. The van der Waals surface area contributed by atoms with Crippen molar-refractivity contribution in [1.82, 2.24) is 0 Å². The van der Waals surface area contributed by atoms with Crippen molar-refractivity contribution in [2.24, 2.45) is 0 Å². The third-order valence-corrected chi connectivity index (χ3v) is 2.55. The van der Waals surface area contributed by atoms with E-state index in [1.54, 1.807) is 0 Å². The Hall–Kier alpha value is 2.01. The fourth-order valence-corrected chi connectivity index (χ4v) is 1.45. The summed E-state index contributed by atoms with van der Waals surface area (Å²) in [5.41, 5.74) is 0. The van der Waals surface area contributed by atoms with Crippen molar-refractivity contribution < 1.29 is 30.5 Å². The number of hydrogen-bond acceptors (Lipinski definition) is 6. The molecule has 118 valence electrons. The maximum Gasteiger partial charge on any atom is 4.00 e. The summed E-state index contributed by atoms with van der Waals surface area (Å²) in [6, 6.07) is 0. The average molecular weight is 524 g/mol. The van der Waals surface area contributed by atoms with E-state index in [1.807, 2.05) is 0 Å². The van der Waals surface area contributed by atoms with E-state index in [0.717, 1.165) is 26.1 Å². The molecular formula is C12H24O2PtS4. The van der Waals surface area contributed by atoms with Crippen LogP contribution in [0.3, 0.4) is 0 Å². The Kier molecular flexibility index (Phi) is 30.4. The Morgan fingerprint density at radius 2 is 1.00 bits per heavy atom. The van der Waals surface area contributed by atoms with Crippen molar-refractivity contribution in [2.75, 3.05) is 13.2 Å². The van der Waals surface area contributed by atoms with Gasteiger partial charge in [0.2, 0.25) is 0 Å². The fraction of sp³-hybridized carbons (Fsp3) is 1.00. The van der Waals surface area contributed by atoms with Crippen molar-refractivity contribution in [3.63, 3.8) is 0 Å². The second-order valence-electron chi connectivity index (χ2n) is 3.73. The van der Waals surface area contributed by atoms with Gasteiger partial charge in [-0.15, -0.1) is 0 Å². The molecule has 0 saturated heterocycles. The van der Waals surface area contributed by atoms with Gasteiger partial charge in [0.15, 0.2) is 0 Å². The molecule has 2 nitrogen and oxygen atoms in total. The van der Waals surface area contributed by atoms with Crippen LogP contribution < -0.4 is 0 Å². The molecule has 0 atom stereocenters. The molecule has 0 aliphatic carbocycles. The maximum atomic E-state index is 4.97. The van der Waals surface area contributed by atoms with E-state index in [2.05, 4.69) is 64.4 Å². The first-order valence-electron chi connectivity index (χ1n) is 6.41. The molecule has 0 N–H and O–H groups in total. The van der Waals surface area contributed by atoms with E-state index in [9.17, 15) is 0 Å². The molecule has 0 heterocycles. The van der Waals surface area contributed by atoms with Crippen LogP contribution in [0.1, 0.15) is 52.4 Å². The van der Waals surface area contributed by atoms with E-state index in [4.69, 9.17) is 9.47 Å². The first-order valence-corrected chi connectivity index (χ1v) is 8.29. The molecule has 0 fully saturated rings. The normalized spacial score (nSPS) is 10.1. The van der Waals surface area contributed by atoms with Crippen LogP contribution in [0.5, 0.6) is 0 Å². The Morgan fingerprint density at radius 1 is 0.684 bits per heavy atom. The second-order valence-corrected chi connectivity index (χ2v) is 6.04. The van der Waals surface area contributed by atoms with E-state index < -0.39 is 9.54 Å². The predicted molar refractivity (Wildman–Crippen MR) is 88.0 cm³/mol. The van der Waals surface area contributed by atoms with Gasteiger partial charge < -0.3 is 60.0 Å². The first-order chi connectivity index (χ1) is 8.54. The van der Waals surface area contributed by atoms with Gasteiger partial charge in [0.05, 0.1) is 0 Å². The molecule has 0 rings (SSSR count). The van der Waals surface area contributed by atoms with E-state index in [1.165, 1.54) is 25.7 Å². The number of ether oxygens (including phenoxy) is 2. The van der Waals surface area contributed by atoms with Crippen LogP contribution in [0.2, 0.25) is 0 Å². The minimum Gasteiger partial charge on any atom is -0.788 e. The minimum atomic E-state index is -0.429. The maximum absolute atomic E-state index is 4.97. The topological polar surface area (TPSA) is 18.5 Å². The monoisotopic (exact) mass is 523 g/mol. The Bertz CT molecular complexity index is 136. The van der Waals surface area contributed by atoms with Gasteiger partial charge in [-0.3, -0.25) is 0 Å². The molecule has 0 aliphatic rings. The largest absolute Gasteiger partial charge is 4.00 e. The summed E-state index contributed by atoms with van der Waals surface area (Å²) in [6.07, 6.45) is 7.00. The molecule has 0 unspecified atom stereocenters. The van der Waals surface area contributed by atoms with Crippen LogP contribution >= 0.6 is 0 Å². The molecule has 0 aromatic rings. The van der Waals surface area contributed by atoms with Gasteiger partial charge >= 0.3 is 21.1 Å². The average Bonchev–Trinajstić information content (AvgIpc) is 2.31. The van der Waals surface area contributed by atoms with Gasteiger partial charge in [0.1, 0.15) is 0 Å². The number of rotatable bonds is 10. The Labute approximate surface area is 155 Å². The van der Waals surface area contributed by atoms with Gasteiger partial charge in [0, 0.05) is 13.2 Å².